The molecule has 6 nitrogen and oxygen atoms in total. The zero-order chi connectivity index (χ0) is 25.9. The van der Waals surface area contributed by atoms with Crippen molar-refractivity contribution in [2.45, 2.75) is 62.3 Å². The van der Waals surface area contributed by atoms with Crippen LogP contribution in [-0.4, -0.2) is 38.4 Å². The van der Waals surface area contributed by atoms with E-state index >= 15 is 0 Å². The third-order valence-corrected chi connectivity index (χ3v) is 8.06. The number of hydrogen-bond acceptors (Lipinski definition) is 4. The number of rotatable bonds is 8. The summed E-state index contributed by atoms with van der Waals surface area (Å²) in [5, 5.41) is 3.01. The molecule has 0 radical (unpaired) electrons. The molecule has 0 unspecified atom stereocenters. The van der Waals surface area contributed by atoms with Gasteiger partial charge in [-0.05, 0) is 61.1 Å². The van der Waals surface area contributed by atoms with Crippen LogP contribution in [-0.2, 0) is 34.0 Å². The highest BCUT2D eigenvalue weighted by atomic mass is 32.2. The maximum Gasteiger partial charge on any atom is 0.416 e. The molecule has 2 atom stereocenters. The highest BCUT2D eigenvalue weighted by molar-refractivity contribution is 7.89. The first-order chi connectivity index (χ1) is 17.0. The molecule has 10 heteroatoms. The lowest BCUT2D eigenvalue weighted by Gasteiger charge is -2.28. The monoisotopic (exact) mass is 521 g/mol. The molecule has 0 saturated heterocycles. The van der Waals surface area contributed by atoms with Crippen molar-refractivity contribution in [1.82, 2.24) is 14.9 Å². The highest BCUT2D eigenvalue weighted by Crippen LogP contribution is 2.32. The predicted octanol–water partition coefficient (Wildman–Crippen LogP) is 4.33. The van der Waals surface area contributed by atoms with Crippen molar-refractivity contribution in [2.75, 3.05) is 13.1 Å². The average Bonchev–Trinajstić information content (AvgIpc) is 3.31. The van der Waals surface area contributed by atoms with E-state index in [1.165, 1.54) is 18.1 Å². The van der Waals surface area contributed by atoms with Crippen molar-refractivity contribution in [1.29, 1.82) is 0 Å². The molecule has 2 aromatic rings. The van der Waals surface area contributed by atoms with Gasteiger partial charge in [-0.15, -0.1) is 0 Å². The second-order valence-corrected chi connectivity index (χ2v) is 11.2. The SMILES string of the molecule is C[C@@H](CC(=O)N[C@@H]1CCCc2cc(CN3CC=CC3)ccc21)NS(=O)(=O)c1cccc(C(F)(F)F)c1. The minimum Gasteiger partial charge on any atom is -0.349 e. The Morgan fingerprint density at radius 2 is 1.89 bits per heavy atom. The van der Waals surface area contributed by atoms with Crippen LogP contribution in [0.25, 0.3) is 0 Å². The molecule has 0 fully saturated rings. The number of carbonyl (C=O) groups is 1. The molecule has 1 aliphatic heterocycles. The van der Waals surface area contributed by atoms with Gasteiger partial charge in [0.05, 0.1) is 16.5 Å². The predicted molar refractivity (Wildman–Crippen MR) is 131 cm³/mol. The number of nitrogens with one attached hydrogen (secondary N) is 2. The number of alkyl halides is 3. The summed E-state index contributed by atoms with van der Waals surface area (Å²) in [5.41, 5.74) is 2.48. The lowest BCUT2D eigenvalue weighted by molar-refractivity contribution is -0.137. The van der Waals surface area contributed by atoms with Crippen molar-refractivity contribution in [3.63, 3.8) is 0 Å². The lowest BCUT2D eigenvalue weighted by atomic mass is 9.86. The summed E-state index contributed by atoms with van der Waals surface area (Å²) in [5.74, 6) is -0.320. The van der Waals surface area contributed by atoms with Gasteiger partial charge in [-0.3, -0.25) is 9.69 Å². The van der Waals surface area contributed by atoms with Crippen molar-refractivity contribution >= 4 is 15.9 Å². The second kappa shape index (κ2) is 10.7. The largest absolute Gasteiger partial charge is 0.416 e. The lowest BCUT2D eigenvalue weighted by Crippen LogP contribution is -2.39. The molecule has 1 amide bonds. The summed E-state index contributed by atoms with van der Waals surface area (Å²) in [6.45, 7) is 4.29. The van der Waals surface area contributed by atoms with Crippen LogP contribution in [0.1, 0.15) is 54.5 Å². The molecule has 0 aromatic heterocycles. The van der Waals surface area contributed by atoms with Crippen LogP contribution in [0.4, 0.5) is 13.2 Å². The van der Waals surface area contributed by atoms with E-state index in [4.69, 9.17) is 0 Å². The molecule has 1 heterocycles. The molecule has 2 N–H and O–H groups in total. The van der Waals surface area contributed by atoms with Gasteiger partial charge in [-0.2, -0.15) is 13.2 Å². The van der Waals surface area contributed by atoms with Gasteiger partial charge in [-0.25, -0.2) is 13.1 Å². The summed E-state index contributed by atoms with van der Waals surface area (Å²) in [4.78, 5) is 14.6. The number of nitrogens with zero attached hydrogens (tertiary/aromatic N) is 1. The normalized spacial score (nSPS) is 19.2. The zero-order valence-corrected chi connectivity index (χ0v) is 20.8. The van der Waals surface area contributed by atoms with E-state index in [9.17, 15) is 26.4 Å². The number of carbonyl (C=O) groups excluding carboxylic acids is 1. The molecule has 0 saturated carbocycles. The molecule has 0 spiro atoms. The summed E-state index contributed by atoms with van der Waals surface area (Å²) in [6, 6.07) is 8.94. The Labute approximate surface area is 209 Å². The van der Waals surface area contributed by atoms with Crippen LogP contribution in [0.5, 0.6) is 0 Å². The van der Waals surface area contributed by atoms with Gasteiger partial charge < -0.3 is 5.32 Å². The first-order valence-corrected chi connectivity index (χ1v) is 13.5. The van der Waals surface area contributed by atoms with Crippen molar-refractivity contribution in [3.8, 4) is 0 Å². The molecule has 194 valence electrons. The number of fused-ring (bicyclic) bond motifs is 1. The smallest absolute Gasteiger partial charge is 0.349 e. The molecule has 36 heavy (non-hydrogen) atoms. The molecule has 0 bridgehead atoms. The highest BCUT2D eigenvalue weighted by Gasteiger charge is 2.32. The van der Waals surface area contributed by atoms with E-state index < -0.39 is 32.7 Å². The van der Waals surface area contributed by atoms with Gasteiger partial charge in [-0.1, -0.05) is 36.4 Å². The number of amides is 1. The van der Waals surface area contributed by atoms with E-state index in [0.717, 1.165) is 62.7 Å². The first-order valence-electron chi connectivity index (χ1n) is 12.0. The Bertz CT molecular complexity index is 1240. The van der Waals surface area contributed by atoms with Crippen LogP contribution in [0.2, 0.25) is 0 Å². The van der Waals surface area contributed by atoms with Crippen LogP contribution < -0.4 is 10.0 Å². The quantitative estimate of drug-likeness (QED) is 0.507. The minimum atomic E-state index is -4.65. The number of benzene rings is 2. The van der Waals surface area contributed by atoms with Crippen molar-refractivity contribution < 1.29 is 26.4 Å². The topological polar surface area (TPSA) is 78.5 Å². The van der Waals surface area contributed by atoms with Gasteiger partial charge in [0.1, 0.15) is 0 Å². The molecule has 2 aromatic carbocycles. The summed E-state index contributed by atoms with van der Waals surface area (Å²) < 4.78 is 66.4. The number of hydrogen-bond donors (Lipinski definition) is 2. The molecule has 4 rings (SSSR count). The number of aryl methyl sites for hydroxylation is 1. The third-order valence-electron chi connectivity index (χ3n) is 6.48. The van der Waals surface area contributed by atoms with Crippen LogP contribution in [0.15, 0.2) is 59.5 Å². The molecule has 1 aliphatic carbocycles. The van der Waals surface area contributed by atoms with Gasteiger partial charge >= 0.3 is 6.18 Å². The zero-order valence-electron chi connectivity index (χ0n) is 20.0. The standard InChI is InChI=1S/C26H30F3N3O3S/c1-18(31-36(34,35)22-8-5-7-21(16-22)26(27,28)29)14-25(33)30-24-9-4-6-20-15-19(10-11-23(20)24)17-32-12-2-3-13-32/h2-3,5,7-8,10-11,15-16,18,24,31H,4,6,9,12-14,17H2,1H3,(H,30,33)/t18-,24+/m0/s1. The van der Waals surface area contributed by atoms with E-state index in [1.54, 1.807) is 0 Å². The molecular weight excluding hydrogens is 491 g/mol. The van der Waals surface area contributed by atoms with E-state index in [2.05, 4.69) is 45.3 Å². The molecular formula is C26H30F3N3O3S. The maximum atomic E-state index is 13.0. The van der Waals surface area contributed by atoms with Crippen molar-refractivity contribution in [2.24, 2.45) is 0 Å². The van der Waals surface area contributed by atoms with Gasteiger partial charge in [0.2, 0.25) is 15.9 Å². The minimum absolute atomic E-state index is 0.135. The maximum absolute atomic E-state index is 13.0. The Morgan fingerprint density at radius 1 is 1.14 bits per heavy atom. The average molecular weight is 522 g/mol. The van der Waals surface area contributed by atoms with Crippen molar-refractivity contribution in [3.05, 3.63) is 76.9 Å². The Kier molecular flexibility index (Phi) is 7.87. The van der Waals surface area contributed by atoms with Crippen LogP contribution in [0, 0.1) is 0 Å². The van der Waals surface area contributed by atoms with Gasteiger partial charge in [0.15, 0.2) is 0 Å². The Hall–Kier alpha value is -2.69. The van der Waals surface area contributed by atoms with Gasteiger partial charge in [0, 0.05) is 32.1 Å². The summed E-state index contributed by atoms with van der Waals surface area (Å²) in [6.07, 6.45) is 2.20. The Balaban J connectivity index is 1.35. The first kappa shape index (κ1) is 26.4. The number of halogens is 3. The van der Waals surface area contributed by atoms with Crippen LogP contribution in [0.3, 0.4) is 0 Å². The fraction of sp³-hybridized carbons (Fsp3) is 0.423. The fourth-order valence-electron chi connectivity index (χ4n) is 4.77. The van der Waals surface area contributed by atoms with Gasteiger partial charge in [0.25, 0.3) is 0 Å². The summed E-state index contributed by atoms with van der Waals surface area (Å²) >= 11 is 0. The summed E-state index contributed by atoms with van der Waals surface area (Å²) in [7, 11) is -4.22. The van der Waals surface area contributed by atoms with E-state index in [0.29, 0.717) is 6.07 Å². The fourth-order valence-corrected chi connectivity index (χ4v) is 6.06. The van der Waals surface area contributed by atoms with Crippen LogP contribution >= 0.6 is 0 Å². The second-order valence-electron chi connectivity index (χ2n) is 9.46. The van der Waals surface area contributed by atoms with E-state index in [-0.39, 0.29) is 18.4 Å². The Morgan fingerprint density at radius 3 is 2.61 bits per heavy atom. The number of sulfonamides is 1. The third kappa shape index (κ3) is 6.54. The van der Waals surface area contributed by atoms with E-state index in [1.807, 2.05) is 0 Å². The molecule has 2 aliphatic rings.